The van der Waals surface area contributed by atoms with Crippen molar-refractivity contribution in [2.45, 2.75) is 52.1 Å². The molecule has 0 aromatic rings. The van der Waals surface area contributed by atoms with Crippen LogP contribution in [-0.4, -0.2) is 11.2 Å². The largest absolute Gasteiger partial charge is 0.393 e. The second-order valence-corrected chi connectivity index (χ2v) is 3.79. The van der Waals surface area contributed by atoms with E-state index in [1.54, 1.807) is 0 Å². The number of hydrogen-bond acceptors (Lipinski definition) is 1. The van der Waals surface area contributed by atoms with Crippen LogP contribution in [0.1, 0.15) is 46.0 Å². The Balaban J connectivity index is 2.49. The van der Waals surface area contributed by atoms with Crippen LogP contribution in [-0.2, 0) is 0 Å². The van der Waals surface area contributed by atoms with Crippen LogP contribution >= 0.6 is 0 Å². The Bertz CT molecular complexity index is 160. The molecule has 12 heavy (non-hydrogen) atoms. The normalized spacial score (nSPS) is 23.1. The number of hydrogen-bond donors (Lipinski definition) is 1. The van der Waals surface area contributed by atoms with E-state index in [-0.39, 0.29) is 6.10 Å². The van der Waals surface area contributed by atoms with Gasteiger partial charge in [-0.15, -0.1) is 0 Å². The number of allylic oxidation sites excluding steroid dienone is 1. The Morgan fingerprint density at radius 1 is 1.50 bits per heavy atom. The van der Waals surface area contributed by atoms with Gasteiger partial charge in [-0.2, -0.15) is 0 Å². The smallest absolute Gasteiger partial charge is 0.0600 e. The first-order chi connectivity index (χ1) is 5.75. The van der Waals surface area contributed by atoms with Crippen LogP contribution in [0.15, 0.2) is 11.6 Å². The summed E-state index contributed by atoms with van der Waals surface area (Å²) in [5, 5.41) is 9.64. The topological polar surface area (TPSA) is 20.2 Å². The summed E-state index contributed by atoms with van der Waals surface area (Å²) in [7, 11) is 0. The van der Waals surface area contributed by atoms with Crippen LogP contribution in [0.2, 0.25) is 0 Å². The van der Waals surface area contributed by atoms with E-state index < -0.39 is 0 Å². The molecule has 0 saturated carbocycles. The highest BCUT2D eigenvalue weighted by Gasteiger charge is 2.17. The molecule has 0 saturated heterocycles. The molecule has 0 radical (unpaired) electrons. The maximum atomic E-state index is 9.64. The summed E-state index contributed by atoms with van der Waals surface area (Å²) in [5.74, 6) is 0.385. The molecule has 1 N–H and O–H groups in total. The van der Waals surface area contributed by atoms with Crippen LogP contribution in [0.5, 0.6) is 0 Å². The molecular weight excluding hydrogens is 148 g/mol. The van der Waals surface area contributed by atoms with Crippen molar-refractivity contribution < 1.29 is 5.11 Å². The zero-order valence-corrected chi connectivity index (χ0v) is 8.21. The maximum Gasteiger partial charge on any atom is 0.0600 e. The molecule has 0 bridgehead atoms. The Labute approximate surface area is 75.5 Å². The van der Waals surface area contributed by atoms with Crippen molar-refractivity contribution in [2.24, 2.45) is 5.92 Å². The first-order valence-electron chi connectivity index (χ1n) is 5.12. The van der Waals surface area contributed by atoms with Crippen LogP contribution in [0.4, 0.5) is 0 Å². The van der Waals surface area contributed by atoms with Gasteiger partial charge in [0.2, 0.25) is 0 Å². The zero-order chi connectivity index (χ0) is 8.97. The molecular formula is C11H20O. The second kappa shape index (κ2) is 4.66. The molecule has 70 valence electrons. The van der Waals surface area contributed by atoms with Crippen molar-refractivity contribution in [3.63, 3.8) is 0 Å². The SMILES string of the molecule is CCC(O)C(C)C1=CCCCC1. The van der Waals surface area contributed by atoms with Gasteiger partial charge >= 0.3 is 0 Å². The minimum atomic E-state index is -0.130. The molecule has 1 nitrogen and oxygen atoms in total. The summed E-state index contributed by atoms with van der Waals surface area (Å²) in [4.78, 5) is 0. The highest BCUT2D eigenvalue weighted by atomic mass is 16.3. The van der Waals surface area contributed by atoms with E-state index in [0.717, 1.165) is 6.42 Å². The fourth-order valence-corrected chi connectivity index (χ4v) is 1.88. The van der Waals surface area contributed by atoms with Crippen LogP contribution in [0.3, 0.4) is 0 Å². The van der Waals surface area contributed by atoms with Gasteiger partial charge in [0.15, 0.2) is 0 Å². The van der Waals surface area contributed by atoms with E-state index in [0.29, 0.717) is 5.92 Å². The number of aliphatic hydroxyl groups excluding tert-OH is 1. The lowest BCUT2D eigenvalue weighted by molar-refractivity contribution is 0.126. The first kappa shape index (κ1) is 9.79. The van der Waals surface area contributed by atoms with Crippen molar-refractivity contribution in [2.75, 3.05) is 0 Å². The highest BCUT2D eigenvalue weighted by molar-refractivity contribution is 5.09. The van der Waals surface area contributed by atoms with Crippen molar-refractivity contribution in [3.8, 4) is 0 Å². The van der Waals surface area contributed by atoms with Crippen molar-refractivity contribution >= 4 is 0 Å². The molecule has 0 spiro atoms. The molecule has 0 heterocycles. The molecule has 2 atom stereocenters. The van der Waals surface area contributed by atoms with E-state index in [4.69, 9.17) is 0 Å². The Hall–Kier alpha value is -0.300. The monoisotopic (exact) mass is 168 g/mol. The lowest BCUT2D eigenvalue weighted by Gasteiger charge is -2.23. The van der Waals surface area contributed by atoms with Gasteiger partial charge in [0.05, 0.1) is 6.10 Å². The van der Waals surface area contributed by atoms with Gasteiger partial charge in [-0.3, -0.25) is 0 Å². The summed E-state index contributed by atoms with van der Waals surface area (Å²) in [6.45, 7) is 4.19. The Morgan fingerprint density at radius 2 is 2.25 bits per heavy atom. The van der Waals surface area contributed by atoms with Crippen molar-refractivity contribution in [3.05, 3.63) is 11.6 Å². The van der Waals surface area contributed by atoms with E-state index in [1.165, 1.54) is 31.3 Å². The van der Waals surface area contributed by atoms with Crippen molar-refractivity contribution in [1.82, 2.24) is 0 Å². The number of rotatable bonds is 3. The van der Waals surface area contributed by atoms with Crippen LogP contribution in [0.25, 0.3) is 0 Å². The molecule has 0 aliphatic heterocycles. The third-order valence-electron chi connectivity index (χ3n) is 2.91. The third kappa shape index (κ3) is 2.34. The summed E-state index contributed by atoms with van der Waals surface area (Å²) >= 11 is 0. The lowest BCUT2D eigenvalue weighted by atomic mass is 9.86. The van der Waals surface area contributed by atoms with Gasteiger partial charge in [-0.25, -0.2) is 0 Å². The second-order valence-electron chi connectivity index (χ2n) is 3.79. The van der Waals surface area contributed by atoms with Gasteiger partial charge in [-0.05, 0) is 32.1 Å². The molecule has 0 amide bonds. The van der Waals surface area contributed by atoms with Crippen LogP contribution < -0.4 is 0 Å². The van der Waals surface area contributed by atoms with E-state index in [9.17, 15) is 5.11 Å². The number of aliphatic hydroxyl groups is 1. The summed E-state index contributed by atoms with van der Waals surface area (Å²) in [6, 6.07) is 0. The average Bonchev–Trinajstić information content (AvgIpc) is 2.17. The average molecular weight is 168 g/mol. The zero-order valence-electron chi connectivity index (χ0n) is 8.21. The summed E-state index contributed by atoms with van der Waals surface area (Å²) < 4.78 is 0. The molecule has 0 aromatic heterocycles. The third-order valence-corrected chi connectivity index (χ3v) is 2.91. The summed E-state index contributed by atoms with van der Waals surface area (Å²) in [5.41, 5.74) is 1.48. The van der Waals surface area contributed by atoms with Gasteiger partial charge < -0.3 is 5.11 Å². The van der Waals surface area contributed by atoms with Gasteiger partial charge in [0, 0.05) is 5.92 Å². The van der Waals surface area contributed by atoms with E-state index in [1.807, 2.05) is 6.92 Å². The van der Waals surface area contributed by atoms with Crippen LogP contribution in [0, 0.1) is 5.92 Å². The van der Waals surface area contributed by atoms with Gasteiger partial charge in [0.25, 0.3) is 0 Å². The predicted octanol–water partition coefficient (Wildman–Crippen LogP) is 2.89. The molecule has 1 rings (SSSR count). The molecule has 1 heteroatoms. The predicted molar refractivity (Wildman–Crippen MR) is 52.0 cm³/mol. The molecule has 1 aliphatic carbocycles. The van der Waals surface area contributed by atoms with E-state index >= 15 is 0 Å². The first-order valence-corrected chi connectivity index (χ1v) is 5.12. The summed E-state index contributed by atoms with van der Waals surface area (Å²) in [6.07, 6.45) is 8.14. The quantitative estimate of drug-likeness (QED) is 0.642. The fourth-order valence-electron chi connectivity index (χ4n) is 1.88. The molecule has 1 aliphatic rings. The minimum absolute atomic E-state index is 0.130. The Morgan fingerprint density at radius 3 is 2.75 bits per heavy atom. The fraction of sp³-hybridized carbons (Fsp3) is 0.818. The Kier molecular flexibility index (Phi) is 3.80. The minimum Gasteiger partial charge on any atom is -0.393 e. The molecule has 0 aromatic carbocycles. The van der Waals surface area contributed by atoms with Gasteiger partial charge in [0.1, 0.15) is 0 Å². The standard InChI is InChI=1S/C11H20O/c1-3-11(12)9(2)10-7-5-4-6-8-10/h7,9,11-12H,3-6,8H2,1-2H3. The van der Waals surface area contributed by atoms with Crippen molar-refractivity contribution in [1.29, 1.82) is 0 Å². The highest BCUT2D eigenvalue weighted by Crippen LogP contribution is 2.26. The lowest BCUT2D eigenvalue weighted by Crippen LogP contribution is -2.19. The maximum absolute atomic E-state index is 9.64. The molecule has 2 unspecified atom stereocenters. The van der Waals surface area contributed by atoms with E-state index in [2.05, 4.69) is 13.0 Å². The molecule has 0 fully saturated rings. The van der Waals surface area contributed by atoms with Gasteiger partial charge in [-0.1, -0.05) is 25.5 Å².